The average Bonchev–Trinajstić information content (AvgIpc) is 2.83. The molecule has 0 aliphatic heterocycles. The molecule has 3 rings (SSSR count). The lowest BCUT2D eigenvalue weighted by Crippen LogP contribution is -2.17. The zero-order valence-corrected chi connectivity index (χ0v) is 11.8. The van der Waals surface area contributed by atoms with Gasteiger partial charge in [0, 0.05) is 10.9 Å². The third-order valence-corrected chi connectivity index (χ3v) is 4.51. The number of aryl methyl sites for hydroxylation is 1. The largest absolute Gasteiger partial charge is 0.573 e. The first-order valence-corrected chi connectivity index (χ1v) is 7.36. The zero-order chi connectivity index (χ0) is 15.0. The van der Waals surface area contributed by atoms with Crippen molar-refractivity contribution in [1.29, 1.82) is 0 Å². The van der Waals surface area contributed by atoms with E-state index in [0.29, 0.717) is 10.6 Å². The van der Waals surface area contributed by atoms with Gasteiger partial charge in [-0.25, -0.2) is 4.98 Å². The fourth-order valence-electron chi connectivity index (χ4n) is 2.42. The minimum Gasteiger partial charge on any atom is -0.405 e. The topological polar surface area (TPSA) is 48.1 Å². The van der Waals surface area contributed by atoms with Gasteiger partial charge < -0.3 is 10.5 Å². The van der Waals surface area contributed by atoms with E-state index >= 15 is 0 Å². The molecule has 7 heteroatoms. The van der Waals surface area contributed by atoms with E-state index in [-0.39, 0.29) is 11.8 Å². The van der Waals surface area contributed by atoms with Crippen LogP contribution < -0.4 is 10.5 Å². The van der Waals surface area contributed by atoms with Crippen molar-refractivity contribution in [2.75, 3.05) is 0 Å². The molecule has 0 radical (unpaired) electrons. The fourth-order valence-corrected chi connectivity index (χ4v) is 3.63. The van der Waals surface area contributed by atoms with Crippen molar-refractivity contribution >= 4 is 11.3 Å². The van der Waals surface area contributed by atoms with Crippen LogP contribution in [0.15, 0.2) is 24.3 Å². The van der Waals surface area contributed by atoms with E-state index in [0.717, 1.165) is 29.8 Å². The average molecular weight is 314 g/mol. The first-order valence-electron chi connectivity index (χ1n) is 6.54. The maximum absolute atomic E-state index is 12.5. The van der Waals surface area contributed by atoms with Gasteiger partial charge in [-0.15, -0.1) is 24.5 Å². The van der Waals surface area contributed by atoms with Crippen molar-refractivity contribution in [3.8, 4) is 16.3 Å². The first-order chi connectivity index (χ1) is 9.94. The van der Waals surface area contributed by atoms with Gasteiger partial charge >= 0.3 is 6.36 Å². The van der Waals surface area contributed by atoms with Crippen LogP contribution in [-0.2, 0) is 6.42 Å². The van der Waals surface area contributed by atoms with Gasteiger partial charge in [0.2, 0.25) is 0 Å². The molecule has 0 amide bonds. The lowest BCUT2D eigenvalue weighted by molar-refractivity contribution is -0.274. The molecule has 1 aromatic heterocycles. The monoisotopic (exact) mass is 314 g/mol. The molecular formula is C14H13F3N2OS. The Bertz CT molecular complexity index is 654. The molecular weight excluding hydrogens is 301 g/mol. The van der Waals surface area contributed by atoms with Crippen molar-refractivity contribution in [1.82, 2.24) is 4.98 Å². The van der Waals surface area contributed by atoms with E-state index in [1.807, 2.05) is 0 Å². The standard InChI is InChI=1S/C14H13F3N2OS/c15-14(16,17)20-10-6-2-1-4-8(10)13-19-12-9(18)5-3-7-11(12)21-13/h1-2,4,6,9H,3,5,7,18H2. The molecule has 1 unspecified atom stereocenters. The van der Waals surface area contributed by atoms with Crippen LogP contribution >= 0.6 is 11.3 Å². The fraction of sp³-hybridized carbons (Fsp3) is 0.357. The molecule has 1 heterocycles. The van der Waals surface area contributed by atoms with E-state index in [4.69, 9.17) is 5.73 Å². The van der Waals surface area contributed by atoms with Gasteiger partial charge in [-0.3, -0.25) is 0 Å². The second-order valence-corrected chi connectivity index (χ2v) is 5.95. The van der Waals surface area contributed by atoms with E-state index in [9.17, 15) is 13.2 Å². The molecule has 0 fully saturated rings. The van der Waals surface area contributed by atoms with Gasteiger partial charge in [0.25, 0.3) is 0 Å². The number of alkyl halides is 3. The number of thiazole rings is 1. The maximum atomic E-state index is 12.5. The van der Waals surface area contributed by atoms with Crippen LogP contribution in [-0.4, -0.2) is 11.3 Å². The van der Waals surface area contributed by atoms with Crippen molar-refractivity contribution < 1.29 is 17.9 Å². The van der Waals surface area contributed by atoms with E-state index < -0.39 is 6.36 Å². The summed E-state index contributed by atoms with van der Waals surface area (Å²) >= 11 is 1.39. The van der Waals surface area contributed by atoms with Gasteiger partial charge in [-0.2, -0.15) is 0 Å². The third-order valence-electron chi connectivity index (χ3n) is 3.34. The van der Waals surface area contributed by atoms with Crippen LogP contribution in [0.1, 0.15) is 29.5 Å². The predicted octanol–water partition coefficient (Wildman–Crippen LogP) is 4.04. The number of para-hydroxylation sites is 1. The van der Waals surface area contributed by atoms with Crippen LogP contribution in [0.3, 0.4) is 0 Å². The highest BCUT2D eigenvalue weighted by atomic mass is 32.1. The summed E-state index contributed by atoms with van der Waals surface area (Å²) in [5.74, 6) is -0.232. The van der Waals surface area contributed by atoms with E-state index in [2.05, 4.69) is 9.72 Å². The number of aromatic nitrogens is 1. The number of nitrogens with zero attached hydrogens (tertiary/aromatic N) is 1. The highest BCUT2D eigenvalue weighted by molar-refractivity contribution is 7.15. The van der Waals surface area contributed by atoms with Crippen LogP contribution in [0.25, 0.3) is 10.6 Å². The number of hydrogen-bond donors (Lipinski definition) is 1. The van der Waals surface area contributed by atoms with Crippen LogP contribution in [0.2, 0.25) is 0 Å². The van der Waals surface area contributed by atoms with Crippen LogP contribution in [0.5, 0.6) is 5.75 Å². The van der Waals surface area contributed by atoms with Crippen molar-refractivity contribution in [3.05, 3.63) is 34.8 Å². The number of nitrogens with two attached hydrogens (primary N) is 1. The molecule has 112 valence electrons. The van der Waals surface area contributed by atoms with Crippen molar-refractivity contribution in [2.24, 2.45) is 5.73 Å². The molecule has 1 aromatic carbocycles. The Balaban J connectivity index is 2.01. The SMILES string of the molecule is NC1CCCc2sc(-c3ccccc3OC(F)(F)F)nc21. The summed E-state index contributed by atoms with van der Waals surface area (Å²) in [6.45, 7) is 0. The number of hydrogen-bond acceptors (Lipinski definition) is 4. The highest BCUT2D eigenvalue weighted by Crippen LogP contribution is 2.40. The molecule has 3 nitrogen and oxygen atoms in total. The maximum Gasteiger partial charge on any atom is 0.573 e. The number of fused-ring (bicyclic) bond motifs is 1. The molecule has 0 spiro atoms. The molecule has 1 atom stereocenters. The van der Waals surface area contributed by atoms with Crippen molar-refractivity contribution in [3.63, 3.8) is 0 Å². The summed E-state index contributed by atoms with van der Waals surface area (Å²) in [6.07, 6.45) is -2.00. The molecule has 2 aromatic rings. The Kier molecular flexibility index (Phi) is 3.62. The smallest absolute Gasteiger partial charge is 0.405 e. The van der Waals surface area contributed by atoms with Crippen LogP contribution in [0, 0.1) is 0 Å². The summed E-state index contributed by atoms with van der Waals surface area (Å²) in [4.78, 5) is 5.50. The first kappa shape index (κ1) is 14.3. The lowest BCUT2D eigenvalue weighted by atomic mass is 9.99. The third kappa shape index (κ3) is 3.03. The number of benzene rings is 1. The van der Waals surface area contributed by atoms with Crippen molar-refractivity contribution in [2.45, 2.75) is 31.7 Å². The number of rotatable bonds is 2. The molecule has 0 bridgehead atoms. The minimum atomic E-state index is -4.72. The van der Waals surface area contributed by atoms with Gasteiger partial charge in [0.1, 0.15) is 10.8 Å². The Morgan fingerprint density at radius 3 is 2.76 bits per heavy atom. The summed E-state index contributed by atoms with van der Waals surface area (Å²) in [5, 5.41) is 0.525. The molecule has 1 aliphatic carbocycles. The number of ether oxygens (including phenoxy) is 1. The zero-order valence-electron chi connectivity index (χ0n) is 11.0. The van der Waals surface area contributed by atoms with Gasteiger partial charge in [0.15, 0.2) is 0 Å². The van der Waals surface area contributed by atoms with Gasteiger partial charge in [-0.05, 0) is 31.4 Å². The lowest BCUT2D eigenvalue weighted by Gasteiger charge is -2.15. The predicted molar refractivity (Wildman–Crippen MR) is 74.1 cm³/mol. The summed E-state index contributed by atoms with van der Waals surface area (Å²) in [7, 11) is 0. The van der Waals surface area contributed by atoms with Crippen LogP contribution in [0.4, 0.5) is 13.2 Å². The molecule has 0 saturated carbocycles. The second-order valence-electron chi connectivity index (χ2n) is 4.87. The van der Waals surface area contributed by atoms with E-state index in [1.165, 1.54) is 23.5 Å². The second kappa shape index (κ2) is 5.31. The molecule has 1 aliphatic rings. The molecule has 0 saturated heterocycles. The highest BCUT2D eigenvalue weighted by Gasteiger charge is 2.33. The van der Waals surface area contributed by atoms with E-state index in [1.54, 1.807) is 12.1 Å². The molecule has 2 N–H and O–H groups in total. The minimum absolute atomic E-state index is 0.130. The number of halogens is 3. The normalized spacial score (nSPS) is 18.4. The quantitative estimate of drug-likeness (QED) is 0.910. The Hall–Kier alpha value is -1.60. The van der Waals surface area contributed by atoms with Gasteiger partial charge in [0.05, 0.1) is 11.3 Å². The summed E-state index contributed by atoms with van der Waals surface area (Å²) in [6, 6.07) is 5.91. The Morgan fingerprint density at radius 1 is 1.29 bits per heavy atom. The summed E-state index contributed by atoms with van der Waals surface area (Å²) in [5.41, 5.74) is 7.17. The molecule has 21 heavy (non-hydrogen) atoms. The summed E-state index contributed by atoms with van der Waals surface area (Å²) < 4.78 is 41.5. The Morgan fingerprint density at radius 2 is 2.05 bits per heavy atom. The Labute approximate surface area is 123 Å². The van der Waals surface area contributed by atoms with Gasteiger partial charge in [-0.1, -0.05) is 12.1 Å².